The Hall–Kier alpha value is -0.890. The molecule has 0 amide bonds. The van der Waals surface area contributed by atoms with Gasteiger partial charge in [-0.3, -0.25) is 4.48 Å². The zero-order valence-electron chi connectivity index (χ0n) is 6.16. The van der Waals surface area contributed by atoms with Crippen molar-refractivity contribution in [3.05, 3.63) is 25.4 Å². The van der Waals surface area contributed by atoms with Crippen LogP contribution in [0.3, 0.4) is 0 Å². The van der Waals surface area contributed by atoms with E-state index in [0.29, 0.717) is 0 Å². The molecular formula is C8H13N2+. The molecule has 0 aromatic carbocycles. The van der Waals surface area contributed by atoms with Crippen molar-refractivity contribution in [1.29, 1.82) is 0 Å². The molecule has 0 bridgehead atoms. The van der Waals surface area contributed by atoms with Gasteiger partial charge in [0.05, 0.1) is 12.7 Å². The summed E-state index contributed by atoms with van der Waals surface area (Å²) in [5, 5.41) is 0. The van der Waals surface area contributed by atoms with Crippen molar-refractivity contribution in [1.82, 2.24) is 0 Å². The maximum absolute atomic E-state index is 4.15. The van der Waals surface area contributed by atoms with E-state index >= 15 is 0 Å². The fourth-order valence-corrected chi connectivity index (χ4v) is 1.11. The summed E-state index contributed by atoms with van der Waals surface area (Å²) in [6.45, 7) is 10.3. The average molecular weight is 137 g/mol. The highest BCUT2D eigenvalue weighted by molar-refractivity contribution is 5.49. The summed E-state index contributed by atoms with van der Waals surface area (Å²) in [7, 11) is 0. The average Bonchev–Trinajstić information content (AvgIpc) is 2.39. The lowest BCUT2D eigenvalue weighted by molar-refractivity contribution is -0.767. The van der Waals surface area contributed by atoms with Crippen LogP contribution in [0.1, 0.15) is 0 Å². The summed E-state index contributed by atoms with van der Waals surface area (Å²) in [6.07, 6.45) is 5.76. The van der Waals surface area contributed by atoms with E-state index in [-0.39, 0.29) is 0 Å². The summed E-state index contributed by atoms with van der Waals surface area (Å²) in [5.74, 6) is 0. The Kier molecular flexibility index (Phi) is 2.02. The van der Waals surface area contributed by atoms with Gasteiger partial charge in [-0.25, -0.2) is 4.99 Å². The summed E-state index contributed by atoms with van der Waals surface area (Å²) in [4.78, 5) is 4.15. The quantitative estimate of drug-likeness (QED) is 0.409. The van der Waals surface area contributed by atoms with E-state index in [9.17, 15) is 0 Å². The highest BCUT2D eigenvalue weighted by atomic mass is 15.4. The summed E-state index contributed by atoms with van der Waals surface area (Å²) in [5.41, 5.74) is 0. The summed E-state index contributed by atoms with van der Waals surface area (Å²) < 4.78 is 0.767. The molecule has 54 valence electrons. The van der Waals surface area contributed by atoms with Crippen molar-refractivity contribution >= 4 is 6.34 Å². The van der Waals surface area contributed by atoms with Gasteiger partial charge in [0.2, 0.25) is 0 Å². The van der Waals surface area contributed by atoms with Crippen molar-refractivity contribution in [2.45, 2.75) is 0 Å². The first-order valence-electron chi connectivity index (χ1n) is 3.45. The molecule has 2 nitrogen and oxygen atoms in total. The van der Waals surface area contributed by atoms with E-state index in [4.69, 9.17) is 0 Å². The summed E-state index contributed by atoms with van der Waals surface area (Å²) in [6, 6.07) is 0. The fraction of sp³-hybridized carbons (Fsp3) is 0.375. The van der Waals surface area contributed by atoms with Crippen molar-refractivity contribution < 1.29 is 4.48 Å². The molecule has 0 radical (unpaired) electrons. The van der Waals surface area contributed by atoms with Crippen LogP contribution in [0.2, 0.25) is 0 Å². The van der Waals surface area contributed by atoms with Gasteiger partial charge in [-0.15, -0.1) is 0 Å². The highest BCUT2D eigenvalue weighted by Gasteiger charge is 2.23. The molecular weight excluding hydrogens is 124 g/mol. The van der Waals surface area contributed by atoms with Gasteiger partial charge < -0.3 is 0 Å². The third kappa shape index (κ3) is 1.16. The molecule has 1 heterocycles. The molecule has 0 spiro atoms. The van der Waals surface area contributed by atoms with E-state index in [0.717, 1.165) is 24.1 Å². The normalized spacial score (nSPS) is 30.4. The third-order valence-corrected chi connectivity index (χ3v) is 1.79. The highest BCUT2D eigenvalue weighted by Crippen LogP contribution is 2.08. The number of nitrogens with zero attached hydrogens (tertiary/aromatic N) is 2. The smallest absolute Gasteiger partial charge is 0.190 e. The van der Waals surface area contributed by atoms with Crippen LogP contribution in [-0.2, 0) is 0 Å². The molecule has 0 aromatic heterocycles. The maximum Gasteiger partial charge on any atom is 0.190 e. The van der Waals surface area contributed by atoms with Crippen LogP contribution < -0.4 is 0 Å². The van der Waals surface area contributed by atoms with Crippen LogP contribution in [0.25, 0.3) is 0 Å². The molecule has 0 N–H and O–H groups in total. The summed E-state index contributed by atoms with van der Waals surface area (Å²) >= 11 is 0. The molecule has 0 saturated carbocycles. The lowest BCUT2D eigenvalue weighted by Crippen LogP contribution is -2.39. The number of quaternary nitrogens is 1. The Balaban J connectivity index is 2.67. The molecule has 0 aliphatic carbocycles. The standard InChI is InChI=1S/C8H13N2/c1-3-6-10(4-2)7-5-9-8-10/h3-4,8H,1-2,5-7H2/q+1. The lowest BCUT2D eigenvalue weighted by atomic mass is 10.4. The molecule has 1 rings (SSSR count). The van der Waals surface area contributed by atoms with Crippen LogP contribution in [-0.4, -0.2) is 30.5 Å². The second-order valence-corrected chi connectivity index (χ2v) is 2.50. The molecule has 0 fully saturated rings. The minimum atomic E-state index is 0.767. The van der Waals surface area contributed by atoms with Gasteiger partial charge in [0.1, 0.15) is 13.1 Å². The maximum atomic E-state index is 4.15. The molecule has 1 atom stereocenters. The molecule has 10 heavy (non-hydrogen) atoms. The van der Waals surface area contributed by atoms with Crippen molar-refractivity contribution in [2.24, 2.45) is 4.99 Å². The number of hydrogen-bond acceptors (Lipinski definition) is 1. The monoisotopic (exact) mass is 137 g/mol. The number of aliphatic imine (C=N–C) groups is 1. The van der Waals surface area contributed by atoms with Crippen molar-refractivity contribution in [3.8, 4) is 0 Å². The zero-order chi connectivity index (χ0) is 7.45. The van der Waals surface area contributed by atoms with Crippen molar-refractivity contribution in [2.75, 3.05) is 19.6 Å². The first kappa shape index (κ1) is 7.22. The molecule has 1 unspecified atom stereocenters. The molecule has 0 saturated heterocycles. The predicted molar refractivity (Wildman–Crippen MR) is 43.7 cm³/mol. The zero-order valence-corrected chi connectivity index (χ0v) is 6.16. The second-order valence-electron chi connectivity index (χ2n) is 2.50. The van der Waals surface area contributed by atoms with Gasteiger partial charge in [0, 0.05) is 0 Å². The van der Waals surface area contributed by atoms with Crippen LogP contribution in [0.4, 0.5) is 0 Å². The fourth-order valence-electron chi connectivity index (χ4n) is 1.11. The van der Waals surface area contributed by atoms with E-state index in [1.165, 1.54) is 0 Å². The SMILES string of the molecule is C=CC[N+]1(C=C)C=NCC1. The molecule has 0 aromatic rings. The first-order valence-corrected chi connectivity index (χ1v) is 3.45. The largest absolute Gasteiger partial charge is 0.251 e. The number of hydrogen-bond donors (Lipinski definition) is 0. The second kappa shape index (κ2) is 2.80. The molecule has 1 aliphatic rings. The Bertz CT molecular complexity index is 172. The molecule has 1 aliphatic heterocycles. The Morgan fingerprint density at radius 2 is 2.40 bits per heavy atom. The van der Waals surface area contributed by atoms with Crippen LogP contribution in [0.5, 0.6) is 0 Å². The minimum absolute atomic E-state index is 0.767. The topological polar surface area (TPSA) is 12.4 Å². The van der Waals surface area contributed by atoms with Gasteiger partial charge in [0.15, 0.2) is 6.34 Å². The Morgan fingerprint density at radius 3 is 2.80 bits per heavy atom. The van der Waals surface area contributed by atoms with E-state index in [1.807, 2.05) is 18.6 Å². The van der Waals surface area contributed by atoms with Crippen LogP contribution in [0, 0.1) is 0 Å². The van der Waals surface area contributed by atoms with E-state index < -0.39 is 0 Å². The van der Waals surface area contributed by atoms with Gasteiger partial charge in [-0.2, -0.15) is 0 Å². The Morgan fingerprint density at radius 1 is 1.60 bits per heavy atom. The first-order chi connectivity index (χ1) is 4.83. The minimum Gasteiger partial charge on any atom is -0.251 e. The number of rotatable bonds is 3. The Labute approximate surface area is 61.8 Å². The van der Waals surface area contributed by atoms with Crippen LogP contribution in [0.15, 0.2) is 30.4 Å². The van der Waals surface area contributed by atoms with E-state index in [2.05, 4.69) is 18.2 Å². The lowest BCUT2D eigenvalue weighted by Gasteiger charge is -2.22. The molecule has 2 heteroatoms. The predicted octanol–water partition coefficient (Wildman–Crippen LogP) is 1.17. The van der Waals surface area contributed by atoms with Gasteiger partial charge in [-0.1, -0.05) is 6.58 Å². The van der Waals surface area contributed by atoms with Gasteiger partial charge >= 0.3 is 0 Å². The van der Waals surface area contributed by atoms with Crippen LogP contribution >= 0.6 is 0 Å². The third-order valence-electron chi connectivity index (χ3n) is 1.79. The van der Waals surface area contributed by atoms with Gasteiger partial charge in [0.25, 0.3) is 0 Å². The van der Waals surface area contributed by atoms with E-state index in [1.54, 1.807) is 0 Å². The van der Waals surface area contributed by atoms with Gasteiger partial charge in [-0.05, 0) is 12.7 Å². The van der Waals surface area contributed by atoms with Crippen molar-refractivity contribution in [3.63, 3.8) is 0 Å².